The van der Waals surface area contributed by atoms with E-state index in [1.165, 1.54) is 0 Å². The molecule has 3 fully saturated rings. The van der Waals surface area contributed by atoms with Crippen molar-refractivity contribution < 1.29 is 19.1 Å². The smallest absolute Gasteiger partial charge is 0.255 e. The Kier molecular flexibility index (Phi) is 7.60. The number of carbonyl (C=O) groups is 3. The first-order chi connectivity index (χ1) is 17.9. The number of piperidine rings is 1. The molecule has 196 valence electrons. The highest BCUT2D eigenvalue weighted by Gasteiger charge is 2.54. The fourth-order valence-electron chi connectivity index (χ4n) is 5.50. The van der Waals surface area contributed by atoms with E-state index in [1.807, 2.05) is 30.3 Å². The second-order valence-electron chi connectivity index (χ2n) is 9.80. The van der Waals surface area contributed by atoms with Crippen molar-refractivity contribution in [2.75, 3.05) is 44.4 Å². The Morgan fingerprint density at radius 2 is 1.84 bits per heavy atom. The minimum absolute atomic E-state index is 0.0142. The molecule has 8 nitrogen and oxygen atoms in total. The van der Waals surface area contributed by atoms with Crippen LogP contribution in [0.1, 0.15) is 36.0 Å². The summed E-state index contributed by atoms with van der Waals surface area (Å²) in [4.78, 5) is 45.2. The van der Waals surface area contributed by atoms with Crippen molar-refractivity contribution in [3.63, 3.8) is 0 Å². The van der Waals surface area contributed by atoms with Gasteiger partial charge in [-0.2, -0.15) is 0 Å². The van der Waals surface area contributed by atoms with Crippen LogP contribution in [0.4, 0.5) is 5.69 Å². The van der Waals surface area contributed by atoms with Gasteiger partial charge in [0, 0.05) is 37.0 Å². The third kappa shape index (κ3) is 5.28. The molecule has 3 aliphatic heterocycles. The van der Waals surface area contributed by atoms with Crippen molar-refractivity contribution in [3.05, 3.63) is 64.1 Å². The first-order valence-corrected chi connectivity index (χ1v) is 13.4. The number of para-hydroxylation sites is 1. The van der Waals surface area contributed by atoms with E-state index in [1.54, 1.807) is 28.0 Å². The number of anilines is 1. The number of carbonyl (C=O) groups excluding carboxylic acids is 3. The Hall–Kier alpha value is -2.81. The Balaban J connectivity index is 1.30. The molecule has 3 aliphatic rings. The number of ether oxygens (including phenoxy) is 1. The molecule has 0 bridgehead atoms. The first-order valence-electron chi connectivity index (χ1n) is 12.6. The Labute approximate surface area is 226 Å². The number of halogens is 2. The lowest BCUT2D eigenvalue weighted by Crippen LogP contribution is -2.57. The van der Waals surface area contributed by atoms with E-state index in [0.29, 0.717) is 54.8 Å². The quantitative estimate of drug-likeness (QED) is 0.601. The molecule has 3 amide bonds. The highest BCUT2D eigenvalue weighted by atomic mass is 35.5. The zero-order valence-corrected chi connectivity index (χ0v) is 22.0. The summed E-state index contributed by atoms with van der Waals surface area (Å²) in [7, 11) is 0. The predicted octanol–water partition coefficient (Wildman–Crippen LogP) is 3.57. The highest BCUT2D eigenvalue weighted by molar-refractivity contribution is 6.36. The van der Waals surface area contributed by atoms with E-state index in [4.69, 9.17) is 27.9 Å². The van der Waals surface area contributed by atoms with Gasteiger partial charge in [0.1, 0.15) is 12.1 Å². The van der Waals surface area contributed by atoms with Gasteiger partial charge in [0.25, 0.3) is 11.8 Å². The lowest BCUT2D eigenvalue weighted by atomic mass is 9.85. The number of amides is 3. The van der Waals surface area contributed by atoms with Crippen molar-refractivity contribution in [2.24, 2.45) is 0 Å². The molecule has 1 atom stereocenters. The average Bonchev–Trinajstić information content (AvgIpc) is 3.51. The summed E-state index contributed by atoms with van der Waals surface area (Å²) in [5.41, 5.74) is 0.486. The van der Waals surface area contributed by atoms with E-state index >= 15 is 0 Å². The van der Waals surface area contributed by atoms with Crippen molar-refractivity contribution in [1.29, 1.82) is 0 Å². The number of hydrogen-bond acceptors (Lipinski definition) is 5. The molecule has 0 radical (unpaired) electrons. The monoisotopic (exact) mass is 544 g/mol. The Morgan fingerprint density at radius 3 is 2.51 bits per heavy atom. The van der Waals surface area contributed by atoms with Gasteiger partial charge in [-0.15, -0.1) is 0 Å². The minimum Gasteiger partial charge on any atom is -0.376 e. The molecule has 0 saturated carbocycles. The fraction of sp³-hybridized carbons (Fsp3) is 0.444. The predicted molar refractivity (Wildman–Crippen MR) is 142 cm³/mol. The Morgan fingerprint density at radius 1 is 1.08 bits per heavy atom. The number of likely N-dealkylation sites (tertiary alicyclic amines) is 1. The first kappa shape index (κ1) is 25.8. The maximum atomic E-state index is 13.8. The van der Waals surface area contributed by atoms with Crippen LogP contribution in [0, 0.1) is 0 Å². The van der Waals surface area contributed by atoms with Crippen LogP contribution in [-0.4, -0.2) is 78.6 Å². The SMILES string of the molecule is O=C(CN1CN(c2ccccc2)C2(CCN(C(=O)c3ccc(Cl)cc3Cl)CC2)C1=O)NCC1CCCO1. The number of benzene rings is 2. The van der Waals surface area contributed by atoms with Gasteiger partial charge in [-0.3, -0.25) is 14.4 Å². The maximum Gasteiger partial charge on any atom is 0.255 e. The zero-order chi connectivity index (χ0) is 26.0. The van der Waals surface area contributed by atoms with Gasteiger partial charge < -0.3 is 24.8 Å². The van der Waals surface area contributed by atoms with Crippen LogP contribution in [0.15, 0.2) is 48.5 Å². The molecule has 3 heterocycles. The minimum atomic E-state index is -0.823. The molecular weight excluding hydrogens is 515 g/mol. The maximum absolute atomic E-state index is 13.8. The Bertz CT molecular complexity index is 1160. The summed E-state index contributed by atoms with van der Waals surface area (Å²) in [6.07, 6.45) is 2.88. The van der Waals surface area contributed by atoms with Gasteiger partial charge in [-0.25, -0.2) is 0 Å². The van der Waals surface area contributed by atoms with E-state index in [9.17, 15) is 14.4 Å². The van der Waals surface area contributed by atoms with Gasteiger partial charge >= 0.3 is 0 Å². The van der Waals surface area contributed by atoms with Gasteiger partial charge in [0.2, 0.25) is 5.91 Å². The normalized spacial score (nSPS) is 21.1. The standard InChI is InChI=1S/C27H30Cl2N4O4/c28-19-8-9-22(23(29)15-19)25(35)31-12-10-27(11-13-31)26(36)32(18-33(27)20-5-2-1-3-6-20)17-24(34)30-16-21-7-4-14-37-21/h1-3,5-6,8-9,15,21H,4,7,10-14,16-18H2,(H,30,34). The topological polar surface area (TPSA) is 82.2 Å². The number of hydrogen-bond donors (Lipinski definition) is 1. The second-order valence-corrected chi connectivity index (χ2v) is 10.6. The fourth-order valence-corrected chi connectivity index (χ4v) is 5.99. The van der Waals surface area contributed by atoms with Crippen molar-refractivity contribution in [2.45, 2.75) is 37.3 Å². The molecule has 0 aliphatic carbocycles. The number of nitrogens with zero attached hydrogens (tertiary/aromatic N) is 3. The van der Waals surface area contributed by atoms with Gasteiger partial charge in [0.15, 0.2) is 0 Å². The average molecular weight is 545 g/mol. The van der Waals surface area contributed by atoms with Crippen molar-refractivity contribution in [1.82, 2.24) is 15.1 Å². The molecule has 37 heavy (non-hydrogen) atoms. The highest BCUT2D eigenvalue weighted by Crippen LogP contribution is 2.40. The summed E-state index contributed by atoms with van der Waals surface area (Å²) in [5, 5.41) is 3.69. The van der Waals surface area contributed by atoms with Crippen molar-refractivity contribution in [3.8, 4) is 0 Å². The third-order valence-corrected chi connectivity index (χ3v) is 8.05. The summed E-state index contributed by atoms with van der Waals surface area (Å²) >= 11 is 12.3. The largest absolute Gasteiger partial charge is 0.376 e. The molecule has 3 saturated heterocycles. The summed E-state index contributed by atoms with van der Waals surface area (Å²) in [5.74, 6) is -0.460. The summed E-state index contributed by atoms with van der Waals surface area (Å²) in [6.45, 7) is 2.27. The van der Waals surface area contributed by atoms with Crippen LogP contribution in [0.2, 0.25) is 10.0 Å². The van der Waals surface area contributed by atoms with Crippen LogP contribution in [0.25, 0.3) is 0 Å². The number of rotatable bonds is 6. The molecule has 5 rings (SSSR count). The van der Waals surface area contributed by atoms with E-state index in [-0.39, 0.29) is 30.4 Å². The molecular formula is C27H30Cl2N4O4. The van der Waals surface area contributed by atoms with Gasteiger partial charge in [-0.1, -0.05) is 41.4 Å². The lowest BCUT2D eigenvalue weighted by molar-refractivity contribution is -0.137. The molecule has 2 aromatic carbocycles. The molecule has 1 N–H and O–H groups in total. The van der Waals surface area contributed by atoms with Crippen LogP contribution in [0.3, 0.4) is 0 Å². The third-order valence-electron chi connectivity index (χ3n) is 7.51. The van der Waals surface area contributed by atoms with Crippen molar-refractivity contribution >= 4 is 46.6 Å². The second kappa shape index (κ2) is 10.9. The van der Waals surface area contributed by atoms with Crippen LogP contribution in [0.5, 0.6) is 0 Å². The molecule has 10 heteroatoms. The van der Waals surface area contributed by atoms with E-state index in [0.717, 1.165) is 25.1 Å². The van der Waals surface area contributed by atoms with E-state index < -0.39 is 5.54 Å². The number of nitrogens with one attached hydrogen (secondary N) is 1. The lowest BCUT2D eigenvalue weighted by Gasteiger charge is -2.43. The van der Waals surface area contributed by atoms with Gasteiger partial charge in [-0.05, 0) is 56.0 Å². The molecule has 0 aromatic heterocycles. The molecule has 1 spiro atoms. The van der Waals surface area contributed by atoms with Crippen LogP contribution in [-0.2, 0) is 14.3 Å². The summed E-state index contributed by atoms with van der Waals surface area (Å²) < 4.78 is 5.58. The van der Waals surface area contributed by atoms with E-state index in [2.05, 4.69) is 10.2 Å². The summed E-state index contributed by atoms with van der Waals surface area (Å²) in [6, 6.07) is 14.6. The zero-order valence-electron chi connectivity index (χ0n) is 20.5. The van der Waals surface area contributed by atoms with Crippen LogP contribution < -0.4 is 10.2 Å². The van der Waals surface area contributed by atoms with Crippen LogP contribution >= 0.6 is 23.2 Å². The molecule has 2 aromatic rings. The van der Waals surface area contributed by atoms with Gasteiger partial charge in [0.05, 0.1) is 23.4 Å². The molecule has 1 unspecified atom stereocenters.